The molecule has 3 atom stereocenters. The molecule has 0 saturated heterocycles. The largest absolute Gasteiger partial charge is 0.417 e. The first-order valence-electron chi connectivity index (χ1n) is 10.9. The molecule has 28 heavy (non-hydrogen) atoms. The van der Waals surface area contributed by atoms with Crippen LogP contribution in [0.15, 0.2) is 0 Å². The maximum Gasteiger partial charge on any atom is 0.192 e. The fraction of sp³-hybridized carbons (Fsp3) is 0.913. The standard InChI is InChI=1S/C23H48O3Si2/c1-19(18-25-27(9,10)22(3,4)5)15-16-21(20(2)14-13-17-24)26-28(11,12)23(6,7)8/h19-21,24H,15-18H2,1-12H3/t19-,20+,21-/m0/s1. The summed E-state index contributed by atoms with van der Waals surface area (Å²) in [4.78, 5) is 0. The van der Waals surface area contributed by atoms with Gasteiger partial charge < -0.3 is 14.0 Å². The summed E-state index contributed by atoms with van der Waals surface area (Å²) in [6.45, 7) is 28.0. The van der Waals surface area contributed by atoms with Gasteiger partial charge in [-0.3, -0.25) is 0 Å². The molecule has 0 saturated carbocycles. The number of hydrogen-bond donors (Lipinski definition) is 1. The van der Waals surface area contributed by atoms with E-state index in [1.165, 1.54) is 0 Å². The summed E-state index contributed by atoms with van der Waals surface area (Å²) in [5.74, 6) is 6.62. The molecule has 0 spiro atoms. The first-order valence-corrected chi connectivity index (χ1v) is 16.7. The van der Waals surface area contributed by atoms with Gasteiger partial charge in [0, 0.05) is 12.5 Å². The van der Waals surface area contributed by atoms with Crippen LogP contribution in [0.4, 0.5) is 0 Å². The summed E-state index contributed by atoms with van der Waals surface area (Å²) in [6.07, 6.45) is 2.16. The molecule has 0 aliphatic heterocycles. The zero-order chi connectivity index (χ0) is 22.4. The Labute approximate surface area is 178 Å². The van der Waals surface area contributed by atoms with Crippen LogP contribution in [-0.2, 0) is 8.85 Å². The van der Waals surface area contributed by atoms with Gasteiger partial charge in [-0.25, -0.2) is 0 Å². The second-order valence-corrected chi connectivity index (χ2v) is 21.0. The summed E-state index contributed by atoms with van der Waals surface area (Å²) >= 11 is 0. The third kappa shape index (κ3) is 9.13. The van der Waals surface area contributed by atoms with Gasteiger partial charge in [0.1, 0.15) is 6.61 Å². The van der Waals surface area contributed by atoms with Gasteiger partial charge in [0.05, 0.1) is 6.10 Å². The molecule has 0 amide bonds. The maximum absolute atomic E-state index is 9.07. The lowest BCUT2D eigenvalue weighted by atomic mass is 9.96. The van der Waals surface area contributed by atoms with Gasteiger partial charge in [-0.15, -0.1) is 0 Å². The normalized spacial score (nSPS) is 16.9. The quantitative estimate of drug-likeness (QED) is 0.339. The molecule has 0 rings (SSSR count). The predicted molar refractivity (Wildman–Crippen MR) is 128 cm³/mol. The molecular weight excluding hydrogens is 380 g/mol. The molecule has 5 heteroatoms. The van der Waals surface area contributed by atoms with Gasteiger partial charge in [-0.1, -0.05) is 60.3 Å². The molecule has 0 unspecified atom stereocenters. The highest BCUT2D eigenvalue weighted by atomic mass is 28.4. The van der Waals surface area contributed by atoms with Crippen molar-refractivity contribution in [2.24, 2.45) is 11.8 Å². The van der Waals surface area contributed by atoms with Crippen LogP contribution in [-0.4, -0.2) is 41.1 Å². The monoisotopic (exact) mass is 428 g/mol. The number of rotatable bonds is 9. The van der Waals surface area contributed by atoms with Crippen LogP contribution in [0.3, 0.4) is 0 Å². The number of hydrogen-bond acceptors (Lipinski definition) is 3. The molecule has 0 heterocycles. The van der Waals surface area contributed by atoms with Crippen LogP contribution in [0, 0.1) is 23.7 Å². The van der Waals surface area contributed by atoms with E-state index in [0.29, 0.717) is 5.92 Å². The molecule has 0 fully saturated rings. The summed E-state index contributed by atoms with van der Waals surface area (Å²) in [5, 5.41) is 9.49. The molecule has 0 aliphatic rings. The van der Waals surface area contributed by atoms with Crippen molar-refractivity contribution in [2.75, 3.05) is 13.2 Å². The summed E-state index contributed by atoms with van der Waals surface area (Å²) in [6, 6.07) is 0. The third-order valence-electron chi connectivity index (χ3n) is 6.70. The summed E-state index contributed by atoms with van der Waals surface area (Å²) in [7, 11) is -3.57. The molecule has 0 bridgehead atoms. The molecule has 0 aliphatic carbocycles. The highest BCUT2D eigenvalue weighted by molar-refractivity contribution is 6.74. The molecule has 0 aromatic rings. The van der Waals surface area contributed by atoms with E-state index in [-0.39, 0.29) is 28.7 Å². The Hall–Kier alpha value is -0.126. The van der Waals surface area contributed by atoms with Crippen LogP contribution >= 0.6 is 0 Å². The summed E-state index contributed by atoms with van der Waals surface area (Å²) in [5.41, 5.74) is 0. The molecule has 1 N–H and O–H groups in total. The molecule has 0 aromatic carbocycles. The molecule has 0 radical (unpaired) electrons. The van der Waals surface area contributed by atoms with E-state index >= 15 is 0 Å². The Kier molecular flexibility index (Phi) is 10.7. The minimum atomic E-state index is -1.87. The lowest BCUT2D eigenvalue weighted by molar-refractivity contribution is 0.125. The van der Waals surface area contributed by atoms with Crippen LogP contribution in [0.5, 0.6) is 0 Å². The van der Waals surface area contributed by atoms with E-state index in [1.54, 1.807) is 0 Å². The van der Waals surface area contributed by atoms with Crippen molar-refractivity contribution in [2.45, 2.75) is 111 Å². The van der Waals surface area contributed by atoms with Crippen LogP contribution in [0.25, 0.3) is 0 Å². The minimum absolute atomic E-state index is 0.0894. The second kappa shape index (κ2) is 10.8. The zero-order valence-electron chi connectivity index (χ0n) is 20.8. The smallest absolute Gasteiger partial charge is 0.192 e. The van der Waals surface area contributed by atoms with Gasteiger partial charge in [0.25, 0.3) is 0 Å². The van der Waals surface area contributed by atoms with Gasteiger partial charge in [-0.2, -0.15) is 0 Å². The van der Waals surface area contributed by atoms with Crippen molar-refractivity contribution in [3.05, 3.63) is 0 Å². The third-order valence-corrected chi connectivity index (χ3v) is 15.7. The molecule has 166 valence electrons. The fourth-order valence-electron chi connectivity index (χ4n) is 2.36. The van der Waals surface area contributed by atoms with Gasteiger partial charge >= 0.3 is 0 Å². The SMILES string of the molecule is C[C@@H](CC[C@H](O[Si](C)(C)C(C)(C)C)[C@H](C)C#CCO)CO[Si](C)(C)C(C)(C)C. The number of aliphatic hydroxyl groups is 1. The Morgan fingerprint density at radius 3 is 1.79 bits per heavy atom. The van der Waals surface area contributed by atoms with Crippen LogP contribution in [0.1, 0.15) is 68.2 Å². The van der Waals surface area contributed by atoms with Crippen molar-refractivity contribution in [1.29, 1.82) is 0 Å². The van der Waals surface area contributed by atoms with E-state index in [0.717, 1.165) is 19.4 Å². The van der Waals surface area contributed by atoms with Crippen molar-refractivity contribution < 1.29 is 14.0 Å². The van der Waals surface area contributed by atoms with Crippen molar-refractivity contribution in [3.63, 3.8) is 0 Å². The topological polar surface area (TPSA) is 38.7 Å². The van der Waals surface area contributed by atoms with Gasteiger partial charge in [0.15, 0.2) is 16.6 Å². The lowest BCUT2D eigenvalue weighted by Gasteiger charge is -2.40. The van der Waals surface area contributed by atoms with Crippen LogP contribution in [0.2, 0.25) is 36.3 Å². The lowest BCUT2D eigenvalue weighted by Crippen LogP contribution is -2.45. The fourth-order valence-corrected chi connectivity index (χ4v) is 4.93. The Balaban J connectivity index is 5.02. The number of aliphatic hydroxyl groups excluding tert-OH is 1. The Morgan fingerprint density at radius 1 is 0.857 bits per heavy atom. The molecule has 3 nitrogen and oxygen atoms in total. The average molecular weight is 429 g/mol. The summed E-state index contributed by atoms with van der Waals surface area (Å²) < 4.78 is 13.1. The van der Waals surface area contributed by atoms with Crippen LogP contribution < -0.4 is 0 Å². The average Bonchev–Trinajstić information content (AvgIpc) is 2.52. The second-order valence-electron chi connectivity index (χ2n) is 11.4. The molecular formula is C23H48O3Si2. The van der Waals surface area contributed by atoms with E-state index < -0.39 is 16.6 Å². The van der Waals surface area contributed by atoms with E-state index in [2.05, 4.69) is 93.4 Å². The van der Waals surface area contributed by atoms with Gasteiger partial charge in [0.2, 0.25) is 0 Å². The Morgan fingerprint density at radius 2 is 1.36 bits per heavy atom. The maximum atomic E-state index is 9.07. The highest BCUT2D eigenvalue weighted by Gasteiger charge is 2.40. The highest BCUT2D eigenvalue weighted by Crippen LogP contribution is 2.39. The van der Waals surface area contributed by atoms with E-state index in [9.17, 15) is 0 Å². The zero-order valence-corrected chi connectivity index (χ0v) is 22.8. The van der Waals surface area contributed by atoms with E-state index in [1.807, 2.05) is 0 Å². The van der Waals surface area contributed by atoms with E-state index in [4.69, 9.17) is 14.0 Å². The first kappa shape index (κ1) is 27.9. The molecule has 0 aromatic heterocycles. The van der Waals surface area contributed by atoms with Crippen molar-refractivity contribution in [1.82, 2.24) is 0 Å². The van der Waals surface area contributed by atoms with Crippen molar-refractivity contribution >= 4 is 16.6 Å². The predicted octanol–water partition coefficient (Wildman–Crippen LogP) is 6.45. The minimum Gasteiger partial charge on any atom is -0.417 e. The Bertz CT molecular complexity index is 519. The van der Waals surface area contributed by atoms with Gasteiger partial charge in [-0.05, 0) is 61.9 Å². The van der Waals surface area contributed by atoms with Crippen molar-refractivity contribution in [3.8, 4) is 11.8 Å². The first-order chi connectivity index (χ1) is 12.4.